The fourth-order valence-corrected chi connectivity index (χ4v) is 3.70. The smallest absolute Gasteiger partial charge is 0.337 e. The van der Waals surface area contributed by atoms with Gasteiger partial charge in [-0.05, 0) is 17.5 Å². The van der Waals surface area contributed by atoms with Gasteiger partial charge in [0.25, 0.3) is 5.91 Å². The number of hydrogen-bond acceptors (Lipinski definition) is 5. The van der Waals surface area contributed by atoms with Crippen molar-refractivity contribution in [3.63, 3.8) is 0 Å². The van der Waals surface area contributed by atoms with Gasteiger partial charge < -0.3 is 19.1 Å². The van der Waals surface area contributed by atoms with Gasteiger partial charge in [0.05, 0.1) is 13.2 Å². The Morgan fingerprint density at radius 3 is 2.26 bits per heavy atom. The molecule has 4 atom stereocenters. The van der Waals surface area contributed by atoms with Crippen molar-refractivity contribution < 1.29 is 23.8 Å². The molecule has 140 valence electrons. The molecule has 6 heteroatoms. The van der Waals surface area contributed by atoms with Gasteiger partial charge in [-0.1, -0.05) is 60.7 Å². The highest BCUT2D eigenvalue weighted by molar-refractivity contribution is 5.84. The molecule has 0 aromatic heterocycles. The van der Waals surface area contributed by atoms with Gasteiger partial charge in [0.2, 0.25) is 6.29 Å². The van der Waals surface area contributed by atoms with Crippen molar-refractivity contribution in [2.75, 3.05) is 7.11 Å². The Morgan fingerprint density at radius 2 is 1.63 bits per heavy atom. The average molecular weight is 367 g/mol. The summed E-state index contributed by atoms with van der Waals surface area (Å²) in [6.07, 6.45) is -1.97. The SMILES string of the molecule is COC(=O)[C@H]1O[C@@H]2O[C@@H]1[C@@H](Cc1ccccc1)N(Cc1ccccc1)C2=O. The van der Waals surface area contributed by atoms with Crippen LogP contribution in [-0.4, -0.2) is 48.4 Å². The van der Waals surface area contributed by atoms with Gasteiger partial charge in [0, 0.05) is 6.54 Å². The van der Waals surface area contributed by atoms with Crippen molar-refractivity contribution in [2.24, 2.45) is 0 Å². The number of esters is 1. The van der Waals surface area contributed by atoms with E-state index in [0.717, 1.165) is 11.1 Å². The summed E-state index contributed by atoms with van der Waals surface area (Å²) in [5, 5.41) is 0. The van der Waals surface area contributed by atoms with Gasteiger partial charge >= 0.3 is 5.97 Å². The monoisotopic (exact) mass is 367 g/mol. The quantitative estimate of drug-likeness (QED) is 0.756. The highest BCUT2D eigenvalue weighted by atomic mass is 16.8. The lowest BCUT2D eigenvalue weighted by molar-refractivity contribution is -0.179. The van der Waals surface area contributed by atoms with Crippen LogP contribution in [0.3, 0.4) is 0 Å². The van der Waals surface area contributed by atoms with E-state index in [9.17, 15) is 9.59 Å². The second kappa shape index (κ2) is 7.50. The molecule has 2 aromatic rings. The molecule has 2 saturated heterocycles. The second-order valence-corrected chi connectivity index (χ2v) is 6.72. The first-order chi connectivity index (χ1) is 13.2. The standard InChI is InChI=1S/C21H21NO5/c1-25-20(24)18-17-16(12-14-8-4-2-5-9-14)22(19(23)21(26-17)27-18)13-15-10-6-3-7-11-15/h2-11,16-18,21H,12-13H2,1H3/t16-,17-,18+,21+/m1/s1. The number of amides is 1. The summed E-state index contributed by atoms with van der Waals surface area (Å²) in [7, 11) is 1.31. The summed E-state index contributed by atoms with van der Waals surface area (Å²) in [4.78, 5) is 26.9. The van der Waals surface area contributed by atoms with E-state index in [1.54, 1.807) is 4.90 Å². The number of methoxy groups -OCH3 is 1. The number of benzene rings is 2. The summed E-state index contributed by atoms with van der Waals surface area (Å²) in [5.74, 6) is -0.780. The molecule has 2 aromatic carbocycles. The van der Waals surface area contributed by atoms with E-state index in [4.69, 9.17) is 14.2 Å². The lowest BCUT2D eigenvalue weighted by atomic mass is 9.95. The van der Waals surface area contributed by atoms with Gasteiger partial charge in [-0.25, -0.2) is 4.79 Å². The fraction of sp³-hybridized carbons (Fsp3) is 0.333. The third-order valence-corrected chi connectivity index (χ3v) is 5.03. The third kappa shape index (κ3) is 3.46. The van der Waals surface area contributed by atoms with Crippen LogP contribution >= 0.6 is 0 Å². The van der Waals surface area contributed by atoms with Crippen LogP contribution in [-0.2, 0) is 36.8 Å². The zero-order chi connectivity index (χ0) is 18.8. The number of carbonyl (C=O) groups excluding carboxylic acids is 2. The zero-order valence-electron chi connectivity index (χ0n) is 15.0. The van der Waals surface area contributed by atoms with E-state index in [2.05, 4.69) is 0 Å². The van der Waals surface area contributed by atoms with E-state index >= 15 is 0 Å². The van der Waals surface area contributed by atoms with E-state index in [-0.39, 0.29) is 11.9 Å². The maximum absolute atomic E-state index is 13.0. The summed E-state index contributed by atoms with van der Waals surface area (Å²) in [5.41, 5.74) is 2.07. The van der Waals surface area contributed by atoms with Crippen LogP contribution in [0.4, 0.5) is 0 Å². The van der Waals surface area contributed by atoms with Crippen LogP contribution in [0.1, 0.15) is 11.1 Å². The minimum Gasteiger partial charge on any atom is -0.467 e. The molecule has 2 bridgehead atoms. The predicted octanol–water partition coefficient (Wildman–Crippen LogP) is 1.92. The second-order valence-electron chi connectivity index (χ2n) is 6.72. The number of rotatable bonds is 5. The Morgan fingerprint density at radius 1 is 1.00 bits per heavy atom. The summed E-state index contributed by atoms with van der Waals surface area (Å²) < 4.78 is 16.2. The van der Waals surface area contributed by atoms with Crippen molar-refractivity contribution in [2.45, 2.75) is 37.5 Å². The van der Waals surface area contributed by atoms with Crippen LogP contribution in [0.5, 0.6) is 0 Å². The Labute approximate surface area is 157 Å². The highest BCUT2D eigenvalue weighted by Gasteiger charge is 2.55. The number of fused-ring (bicyclic) bond motifs is 2. The molecule has 6 nitrogen and oxygen atoms in total. The molecule has 0 aliphatic carbocycles. The molecule has 2 aliphatic rings. The van der Waals surface area contributed by atoms with Crippen LogP contribution < -0.4 is 0 Å². The molecule has 2 fully saturated rings. The number of carbonyl (C=O) groups is 2. The minimum absolute atomic E-state index is 0.262. The molecule has 2 heterocycles. The zero-order valence-corrected chi connectivity index (χ0v) is 15.0. The highest BCUT2D eigenvalue weighted by Crippen LogP contribution is 2.34. The molecule has 0 radical (unpaired) electrons. The van der Waals surface area contributed by atoms with E-state index in [0.29, 0.717) is 13.0 Å². The third-order valence-electron chi connectivity index (χ3n) is 5.03. The lowest BCUT2D eigenvalue weighted by Gasteiger charge is -2.39. The number of ether oxygens (including phenoxy) is 3. The molecular weight excluding hydrogens is 346 g/mol. The van der Waals surface area contributed by atoms with Crippen LogP contribution in [0.25, 0.3) is 0 Å². The Balaban J connectivity index is 1.66. The van der Waals surface area contributed by atoms with E-state index < -0.39 is 24.5 Å². The molecule has 2 aliphatic heterocycles. The number of hydrogen-bond donors (Lipinski definition) is 0. The molecule has 27 heavy (non-hydrogen) atoms. The Kier molecular flexibility index (Phi) is 4.92. The van der Waals surface area contributed by atoms with Gasteiger partial charge in [0.15, 0.2) is 6.10 Å². The largest absolute Gasteiger partial charge is 0.467 e. The predicted molar refractivity (Wildman–Crippen MR) is 96.5 cm³/mol. The first-order valence-electron chi connectivity index (χ1n) is 8.94. The van der Waals surface area contributed by atoms with Crippen molar-refractivity contribution >= 4 is 11.9 Å². The molecule has 4 rings (SSSR count). The van der Waals surface area contributed by atoms with Crippen molar-refractivity contribution in [1.82, 2.24) is 4.90 Å². The van der Waals surface area contributed by atoms with Crippen molar-refractivity contribution in [1.29, 1.82) is 0 Å². The Hall–Kier alpha value is -2.70. The van der Waals surface area contributed by atoms with E-state index in [1.165, 1.54) is 7.11 Å². The van der Waals surface area contributed by atoms with E-state index in [1.807, 2.05) is 60.7 Å². The van der Waals surface area contributed by atoms with Gasteiger partial charge in [0.1, 0.15) is 6.10 Å². The molecule has 0 N–H and O–H groups in total. The molecule has 0 saturated carbocycles. The first kappa shape index (κ1) is 17.7. The van der Waals surface area contributed by atoms with Crippen LogP contribution in [0.15, 0.2) is 60.7 Å². The minimum atomic E-state index is -1.06. The van der Waals surface area contributed by atoms with Crippen molar-refractivity contribution in [3.05, 3.63) is 71.8 Å². The van der Waals surface area contributed by atoms with Crippen molar-refractivity contribution in [3.8, 4) is 0 Å². The maximum atomic E-state index is 13.0. The lowest BCUT2D eigenvalue weighted by Crippen LogP contribution is -2.57. The topological polar surface area (TPSA) is 65.1 Å². The molecular formula is C21H21NO5. The van der Waals surface area contributed by atoms with Crippen LogP contribution in [0, 0.1) is 0 Å². The molecule has 0 unspecified atom stereocenters. The number of morpholine rings is 1. The first-order valence-corrected chi connectivity index (χ1v) is 8.94. The molecule has 1 amide bonds. The maximum Gasteiger partial charge on any atom is 0.337 e. The Bertz CT molecular complexity index is 810. The summed E-state index contributed by atoms with van der Waals surface area (Å²) in [6.45, 7) is 0.435. The van der Waals surface area contributed by atoms with Crippen LogP contribution in [0.2, 0.25) is 0 Å². The summed E-state index contributed by atoms with van der Waals surface area (Å²) >= 11 is 0. The van der Waals surface area contributed by atoms with Gasteiger partial charge in [-0.3, -0.25) is 4.79 Å². The molecule has 0 spiro atoms. The van der Waals surface area contributed by atoms with Gasteiger partial charge in [-0.15, -0.1) is 0 Å². The average Bonchev–Trinajstić information content (AvgIpc) is 3.12. The summed E-state index contributed by atoms with van der Waals surface area (Å²) in [6, 6.07) is 19.3. The van der Waals surface area contributed by atoms with Gasteiger partial charge in [-0.2, -0.15) is 0 Å². The number of nitrogens with zero attached hydrogens (tertiary/aromatic N) is 1. The fourth-order valence-electron chi connectivity index (χ4n) is 3.70. The normalized spacial score (nSPS) is 26.9.